The molecule has 0 saturated carbocycles. The van der Waals surface area contributed by atoms with Crippen LogP contribution in [0.25, 0.3) is 0 Å². The minimum absolute atomic E-state index is 0.0392. The monoisotopic (exact) mass is 288 g/mol. The van der Waals surface area contributed by atoms with Crippen LogP contribution in [-0.4, -0.2) is 33.6 Å². The quantitative estimate of drug-likeness (QED) is 0.817. The van der Waals surface area contributed by atoms with Gasteiger partial charge in [0.2, 0.25) is 10.0 Å². The van der Waals surface area contributed by atoms with E-state index in [0.29, 0.717) is 19.6 Å². The highest BCUT2D eigenvalue weighted by Gasteiger charge is 2.21. The molecule has 104 valence electrons. The van der Waals surface area contributed by atoms with E-state index in [2.05, 4.69) is 5.32 Å². The molecule has 1 heterocycles. The highest BCUT2D eigenvalue weighted by Crippen LogP contribution is 2.15. The van der Waals surface area contributed by atoms with E-state index in [4.69, 9.17) is 9.88 Å². The van der Waals surface area contributed by atoms with Gasteiger partial charge in [-0.1, -0.05) is 0 Å². The number of halogens is 1. The number of rotatable bonds is 3. The molecule has 0 aromatic heterocycles. The minimum atomic E-state index is -4.20. The van der Waals surface area contributed by atoms with Crippen molar-refractivity contribution in [2.24, 2.45) is 5.14 Å². The number of primary sulfonamides is 1. The lowest BCUT2D eigenvalue weighted by molar-refractivity contribution is 0.0929. The lowest BCUT2D eigenvalue weighted by Gasteiger charge is -2.11. The fourth-order valence-corrected chi connectivity index (χ4v) is 2.41. The molecule has 0 bridgehead atoms. The maximum atomic E-state index is 13.3. The summed E-state index contributed by atoms with van der Waals surface area (Å²) < 4.78 is 40.7. The van der Waals surface area contributed by atoms with Crippen molar-refractivity contribution in [1.29, 1.82) is 0 Å². The number of benzene rings is 1. The maximum Gasteiger partial charge on any atom is 0.251 e. The average Bonchev–Trinajstić information content (AvgIpc) is 2.80. The van der Waals surface area contributed by atoms with Crippen molar-refractivity contribution in [2.45, 2.75) is 17.4 Å². The molecule has 1 aromatic carbocycles. The third kappa shape index (κ3) is 3.28. The fourth-order valence-electron chi connectivity index (χ4n) is 1.78. The molecule has 1 amide bonds. The summed E-state index contributed by atoms with van der Waals surface area (Å²) in [6, 6.07) is 2.92. The van der Waals surface area contributed by atoms with E-state index in [-0.39, 0.29) is 11.6 Å². The van der Waals surface area contributed by atoms with Gasteiger partial charge in [-0.05, 0) is 24.6 Å². The molecule has 1 fully saturated rings. The zero-order chi connectivity index (χ0) is 14.0. The fraction of sp³-hybridized carbons (Fsp3) is 0.364. The van der Waals surface area contributed by atoms with Crippen LogP contribution in [0.15, 0.2) is 23.1 Å². The lowest BCUT2D eigenvalue weighted by Crippen LogP contribution is -2.35. The van der Waals surface area contributed by atoms with Gasteiger partial charge < -0.3 is 10.1 Å². The number of sulfonamides is 1. The Kier molecular flexibility index (Phi) is 3.83. The molecule has 6 nitrogen and oxygen atoms in total. The zero-order valence-electron chi connectivity index (χ0n) is 9.93. The maximum absolute atomic E-state index is 13.3. The Morgan fingerprint density at radius 3 is 2.79 bits per heavy atom. The van der Waals surface area contributed by atoms with Gasteiger partial charge in [-0.2, -0.15) is 0 Å². The first-order chi connectivity index (χ1) is 8.88. The molecule has 1 atom stereocenters. The van der Waals surface area contributed by atoms with Crippen LogP contribution in [0, 0.1) is 5.82 Å². The minimum Gasteiger partial charge on any atom is -0.379 e. The second kappa shape index (κ2) is 5.24. The second-order valence-electron chi connectivity index (χ2n) is 4.22. The molecule has 0 radical (unpaired) electrons. The first-order valence-electron chi connectivity index (χ1n) is 5.59. The summed E-state index contributed by atoms with van der Waals surface area (Å²) in [6.45, 7) is 0.978. The first-order valence-corrected chi connectivity index (χ1v) is 7.13. The van der Waals surface area contributed by atoms with Crippen molar-refractivity contribution in [3.63, 3.8) is 0 Å². The summed E-state index contributed by atoms with van der Waals surface area (Å²) >= 11 is 0. The third-order valence-electron chi connectivity index (χ3n) is 2.76. The number of carbonyl (C=O) groups is 1. The van der Waals surface area contributed by atoms with Gasteiger partial charge >= 0.3 is 0 Å². The molecule has 8 heteroatoms. The van der Waals surface area contributed by atoms with Gasteiger partial charge in [-0.3, -0.25) is 4.79 Å². The Labute approximate surface area is 109 Å². The van der Waals surface area contributed by atoms with E-state index in [1.807, 2.05) is 0 Å². The van der Waals surface area contributed by atoms with Gasteiger partial charge in [-0.25, -0.2) is 17.9 Å². The zero-order valence-corrected chi connectivity index (χ0v) is 10.7. The van der Waals surface area contributed by atoms with E-state index in [9.17, 15) is 17.6 Å². The summed E-state index contributed by atoms with van der Waals surface area (Å²) in [5.74, 6) is -1.47. The molecule has 0 aliphatic carbocycles. The van der Waals surface area contributed by atoms with Crippen molar-refractivity contribution in [2.75, 3.05) is 13.2 Å². The standard InChI is InChI=1S/C11H13FN2O4S/c12-9-2-1-7(5-10(9)19(13,16)17)11(15)14-8-3-4-18-6-8/h1-2,5,8H,3-4,6H2,(H,14,15)(H2,13,16,17). The van der Waals surface area contributed by atoms with Crippen molar-refractivity contribution < 1.29 is 22.3 Å². The van der Waals surface area contributed by atoms with Crippen LogP contribution in [0.1, 0.15) is 16.8 Å². The normalized spacial score (nSPS) is 19.4. The van der Waals surface area contributed by atoms with Crippen LogP contribution in [0.2, 0.25) is 0 Å². The Morgan fingerprint density at radius 1 is 1.47 bits per heavy atom. The first kappa shape index (κ1) is 13.9. The Morgan fingerprint density at radius 2 is 2.21 bits per heavy atom. The van der Waals surface area contributed by atoms with Crippen molar-refractivity contribution in [3.05, 3.63) is 29.6 Å². The van der Waals surface area contributed by atoms with Gasteiger partial charge in [0.15, 0.2) is 0 Å². The molecule has 0 spiro atoms. The molecule has 1 saturated heterocycles. The van der Waals surface area contributed by atoms with E-state index in [1.165, 1.54) is 6.07 Å². The Balaban J connectivity index is 2.23. The SMILES string of the molecule is NS(=O)(=O)c1cc(C(=O)NC2CCOC2)ccc1F. The van der Waals surface area contributed by atoms with Gasteiger partial charge in [0.1, 0.15) is 10.7 Å². The molecule has 1 aliphatic heterocycles. The van der Waals surface area contributed by atoms with Crippen LogP contribution in [-0.2, 0) is 14.8 Å². The van der Waals surface area contributed by atoms with E-state index >= 15 is 0 Å². The number of hydrogen-bond donors (Lipinski definition) is 2. The highest BCUT2D eigenvalue weighted by atomic mass is 32.2. The van der Waals surface area contributed by atoms with Crippen molar-refractivity contribution in [1.82, 2.24) is 5.32 Å². The van der Waals surface area contributed by atoms with Crippen molar-refractivity contribution >= 4 is 15.9 Å². The second-order valence-corrected chi connectivity index (χ2v) is 5.75. The number of carbonyl (C=O) groups excluding carboxylic acids is 1. The van der Waals surface area contributed by atoms with E-state index in [0.717, 1.165) is 12.1 Å². The predicted molar refractivity (Wildman–Crippen MR) is 64.5 cm³/mol. The average molecular weight is 288 g/mol. The Hall–Kier alpha value is -1.51. The number of ether oxygens (including phenoxy) is 1. The van der Waals surface area contributed by atoms with Crippen LogP contribution in [0.4, 0.5) is 4.39 Å². The van der Waals surface area contributed by atoms with E-state index in [1.54, 1.807) is 0 Å². The van der Waals surface area contributed by atoms with E-state index < -0.39 is 26.6 Å². The number of nitrogens with one attached hydrogen (secondary N) is 1. The molecule has 1 aromatic rings. The van der Waals surface area contributed by atoms with Crippen LogP contribution >= 0.6 is 0 Å². The van der Waals surface area contributed by atoms with Gasteiger partial charge in [-0.15, -0.1) is 0 Å². The third-order valence-corrected chi connectivity index (χ3v) is 3.69. The molecular formula is C11H13FN2O4S. The highest BCUT2D eigenvalue weighted by molar-refractivity contribution is 7.89. The number of nitrogens with two attached hydrogens (primary N) is 1. The van der Waals surface area contributed by atoms with Crippen LogP contribution < -0.4 is 10.5 Å². The Bertz CT molecular complexity index is 597. The summed E-state index contributed by atoms with van der Waals surface area (Å²) in [5, 5.41) is 7.54. The number of amides is 1. The van der Waals surface area contributed by atoms with Crippen LogP contribution in [0.5, 0.6) is 0 Å². The predicted octanol–water partition coefficient (Wildman–Crippen LogP) is -0.00820. The molecule has 1 unspecified atom stereocenters. The summed E-state index contributed by atoms with van der Waals surface area (Å²) in [7, 11) is -4.20. The smallest absolute Gasteiger partial charge is 0.251 e. The summed E-state index contributed by atoms with van der Waals surface area (Å²) in [4.78, 5) is 11.2. The molecule has 19 heavy (non-hydrogen) atoms. The summed E-state index contributed by atoms with van der Waals surface area (Å²) in [5.41, 5.74) is 0.0392. The van der Waals surface area contributed by atoms with Crippen molar-refractivity contribution in [3.8, 4) is 0 Å². The topological polar surface area (TPSA) is 98.5 Å². The molecule has 1 aliphatic rings. The van der Waals surface area contributed by atoms with Gasteiger partial charge in [0.05, 0.1) is 12.6 Å². The molecule has 3 N–H and O–H groups in total. The largest absolute Gasteiger partial charge is 0.379 e. The van der Waals surface area contributed by atoms with Crippen LogP contribution in [0.3, 0.4) is 0 Å². The number of hydrogen-bond acceptors (Lipinski definition) is 4. The lowest BCUT2D eigenvalue weighted by atomic mass is 10.2. The molecular weight excluding hydrogens is 275 g/mol. The molecule has 2 rings (SSSR count). The van der Waals surface area contributed by atoms with Gasteiger partial charge in [0, 0.05) is 12.2 Å². The van der Waals surface area contributed by atoms with Gasteiger partial charge in [0.25, 0.3) is 5.91 Å². The summed E-state index contributed by atoms with van der Waals surface area (Å²) in [6.07, 6.45) is 0.689.